The zero-order chi connectivity index (χ0) is 45.2. The Morgan fingerprint density at radius 3 is 1.03 bits per heavy atom. The van der Waals surface area contributed by atoms with E-state index in [1.54, 1.807) is 36.4 Å². The van der Waals surface area contributed by atoms with Crippen LogP contribution in [-0.2, 0) is 9.13 Å². The number of rotatable bonds is 8. The van der Waals surface area contributed by atoms with Crippen molar-refractivity contribution in [2.45, 2.75) is 6.18 Å². The fraction of sp³-hybridized carbons (Fsp3) is 0.0189. The molecule has 1 aromatic heterocycles. The Balaban J connectivity index is 0.000000161. The van der Waals surface area contributed by atoms with Crippen molar-refractivity contribution < 1.29 is 86.0 Å². The number of fused-ring (bicyclic) bond motifs is 1. The molecule has 12 heteroatoms. The van der Waals surface area contributed by atoms with Gasteiger partial charge in [-0.05, 0) is 11.6 Å². The average molecular weight is 1040 g/mol. The molecular weight excluding hydrogens is 1000 g/mol. The molecule has 0 spiro atoms. The minimum atomic E-state index is -5.29. The largest absolute Gasteiger partial charge is 0.506 e. The number of carbonyl (C=O) groups excluding carboxylic acids is 1. The maximum Gasteiger partial charge on any atom is 0.455 e. The summed E-state index contributed by atoms with van der Waals surface area (Å²) < 4.78 is 70.4. The van der Waals surface area contributed by atoms with Gasteiger partial charge in [0, 0.05) is 86.8 Å². The Kier molecular flexibility index (Phi) is 16.5. The normalized spacial score (nSPS) is 11.2. The van der Waals surface area contributed by atoms with Gasteiger partial charge >= 0.3 is 11.8 Å². The van der Waals surface area contributed by atoms with Crippen molar-refractivity contribution in [1.82, 2.24) is 0 Å². The topological polar surface area (TPSA) is 102 Å². The van der Waals surface area contributed by atoms with Gasteiger partial charge in [0.2, 0.25) is 0 Å². The van der Waals surface area contributed by atoms with Gasteiger partial charge < -0.3 is 18.7 Å². The second-order valence-corrected chi connectivity index (χ2v) is 19.8. The number of para-hydroxylation sites is 1. The van der Waals surface area contributed by atoms with Crippen LogP contribution >= 0.6 is 14.3 Å². The van der Waals surface area contributed by atoms with Crippen molar-refractivity contribution in [3.63, 3.8) is 0 Å². The van der Waals surface area contributed by atoms with Crippen molar-refractivity contribution in [3.8, 4) is 16.9 Å². The summed E-state index contributed by atoms with van der Waals surface area (Å²) in [5.41, 5.74) is -2.00. The molecule has 325 valence electrons. The quantitative estimate of drug-likeness (QED) is 0.0924. The van der Waals surface area contributed by atoms with E-state index in [1.807, 2.05) is 182 Å². The van der Waals surface area contributed by atoms with Crippen LogP contribution in [0.4, 0.5) is 13.2 Å². The van der Waals surface area contributed by atoms with Crippen LogP contribution in [0.2, 0.25) is 0 Å². The number of Topliss-reactive ketones (excluding diaryl/α,β-unsaturated/α-hetero) is 1. The average Bonchev–Trinajstić information content (AvgIpc) is 3.35. The van der Waals surface area contributed by atoms with E-state index in [2.05, 4.69) is 0 Å². The van der Waals surface area contributed by atoms with Crippen molar-refractivity contribution in [2.75, 3.05) is 0 Å². The molecule has 8 aromatic carbocycles. The Labute approximate surface area is 414 Å². The Morgan fingerprint density at radius 2 is 0.738 bits per heavy atom. The molecule has 1 heterocycles. The van der Waals surface area contributed by atoms with Crippen LogP contribution in [0.15, 0.2) is 240 Å². The first-order valence-corrected chi connectivity index (χ1v) is 23.3. The van der Waals surface area contributed by atoms with Gasteiger partial charge in [-0.2, -0.15) is 13.2 Å². The zero-order valence-corrected chi connectivity index (χ0v) is 38.5. The minimum absolute atomic E-state index is 0. The molecular formula is C53H39EuF3O6P2. The van der Waals surface area contributed by atoms with Crippen LogP contribution < -0.4 is 37.5 Å². The van der Waals surface area contributed by atoms with Gasteiger partial charge in [0.1, 0.15) is 11.3 Å². The smallest absolute Gasteiger partial charge is 0.455 e. The number of aromatic hydroxyl groups is 1. The summed E-state index contributed by atoms with van der Waals surface area (Å²) in [5.74, 6) is -3.48. The zero-order valence-electron chi connectivity index (χ0n) is 34.3. The summed E-state index contributed by atoms with van der Waals surface area (Å²) in [6, 6.07) is 71.3. The van der Waals surface area contributed by atoms with Crippen molar-refractivity contribution in [1.29, 1.82) is 0 Å². The maximum absolute atomic E-state index is 13.8. The third kappa shape index (κ3) is 10.9. The summed E-state index contributed by atoms with van der Waals surface area (Å²) in [6.45, 7) is 0. The molecule has 0 bridgehead atoms. The van der Waals surface area contributed by atoms with Crippen molar-refractivity contribution >= 4 is 62.9 Å². The molecule has 9 aromatic rings. The first-order valence-electron chi connectivity index (χ1n) is 19.9. The molecule has 65 heavy (non-hydrogen) atoms. The molecule has 0 amide bonds. The first kappa shape index (κ1) is 48.7. The van der Waals surface area contributed by atoms with Gasteiger partial charge in [-0.15, -0.1) is 0 Å². The molecule has 0 saturated carbocycles. The van der Waals surface area contributed by atoms with E-state index >= 15 is 0 Å². The number of ketones is 1. The number of carbonyl (C=O) groups is 1. The second-order valence-electron chi connectivity index (χ2n) is 14.2. The molecule has 0 fully saturated rings. The number of hydrogen-bond acceptors (Lipinski definition) is 6. The van der Waals surface area contributed by atoms with Crippen molar-refractivity contribution in [2.24, 2.45) is 0 Å². The minimum Gasteiger partial charge on any atom is -0.506 e. The molecule has 6 nitrogen and oxygen atoms in total. The van der Waals surface area contributed by atoms with E-state index in [0.717, 1.165) is 31.8 Å². The molecule has 0 aliphatic rings. The second kappa shape index (κ2) is 22.0. The van der Waals surface area contributed by atoms with Gasteiger partial charge in [-0.1, -0.05) is 224 Å². The molecule has 0 unspecified atom stereocenters. The molecule has 9 rings (SSSR count). The Morgan fingerprint density at radius 1 is 0.446 bits per heavy atom. The standard InChI is InChI=1S/2C18H15OP.C17H9F3O4.Eu/c2*19-20(16-10-4-1-5-11-16,17-12-6-2-7-13-17)18-14-8-3-9-15-18;18-17(19,20)15(22)12-13(21)11-8-4-7-10(14(11)24-16(12)23)9-5-2-1-3-6-9;/h2*1-15H;1-8,21H;. The van der Waals surface area contributed by atoms with E-state index in [4.69, 9.17) is 4.42 Å². The number of benzene rings is 8. The Bertz CT molecular complexity index is 2780. The number of hydrogen-bond donors (Lipinski definition) is 1. The van der Waals surface area contributed by atoms with Gasteiger partial charge in [0.25, 0.3) is 5.78 Å². The van der Waals surface area contributed by atoms with E-state index in [9.17, 15) is 37.0 Å². The predicted octanol–water partition coefficient (Wildman–Crippen LogP) is 10.6. The summed E-state index contributed by atoms with van der Waals surface area (Å²) >= 11 is 0. The van der Waals surface area contributed by atoms with Gasteiger partial charge in [0.05, 0.1) is 5.39 Å². The van der Waals surface area contributed by atoms with Crippen LogP contribution in [0.3, 0.4) is 0 Å². The maximum atomic E-state index is 13.8. The fourth-order valence-electron chi connectivity index (χ4n) is 7.12. The first-order chi connectivity index (χ1) is 30.9. The summed E-state index contributed by atoms with van der Waals surface area (Å²) in [4.78, 5) is 23.2. The SMILES string of the molecule is O=C(c1c(O)c2cccc(-c3ccccc3)c2oc1=O)C(F)(F)F.O=P(c1ccccc1)(c1ccccc1)c1ccccc1.O=P(c1ccccc1)(c1ccccc1)c1ccccc1.[Eu]. The third-order valence-electron chi connectivity index (χ3n) is 10.2. The van der Waals surface area contributed by atoms with E-state index in [0.29, 0.717) is 11.1 Å². The predicted molar refractivity (Wildman–Crippen MR) is 252 cm³/mol. The summed E-state index contributed by atoms with van der Waals surface area (Å²) in [7, 11) is -5.55. The molecule has 0 aliphatic heterocycles. The molecule has 0 aliphatic carbocycles. The number of alkyl halides is 3. The van der Waals surface area contributed by atoms with Crippen LogP contribution in [-0.4, -0.2) is 17.1 Å². The summed E-state index contributed by atoms with van der Waals surface area (Å²) in [6.07, 6.45) is -5.29. The van der Waals surface area contributed by atoms with Gasteiger partial charge in [-0.3, -0.25) is 4.79 Å². The third-order valence-corrected chi connectivity index (χ3v) is 16.3. The molecule has 1 N–H and O–H groups in total. The molecule has 1 radical (unpaired) electrons. The molecule has 0 saturated heterocycles. The van der Waals surface area contributed by atoms with Crippen molar-refractivity contribution in [3.05, 3.63) is 247 Å². The van der Waals surface area contributed by atoms with Crippen LogP contribution in [0.25, 0.3) is 22.1 Å². The fourth-order valence-corrected chi connectivity index (χ4v) is 12.5. The van der Waals surface area contributed by atoms with Crippen LogP contribution in [0, 0.1) is 49.4 Å². The van der Waals surface area contributed by atoms with Gasteiger partial charge in [0.15, 0.2) is 19.8 Å². The Hall–Kier alpha value is -5.73. The van der Waals surface area contributed by atoms with E-state index < -0.39 is 43.2 Å². The van der Waals surface area contributed by atoms with Crippen LogP contribution in [0.5, 0.6) is 5.75 Å². The monoisotopic (exact) mass is 1040 g/mol. The van der Waals surface area contributed by atoms with E-state index in [1.165, 1.54) is 12.1 Å². The number of halogens is 3. The molecule has 0 atom stereocenters. The van der Waals surface area contributed by atoms with Crippen LogP contribution in [0.1, 0.15) is 10.4 Å². The van der Waals surface area contributed by atoms with E-state index in [-0.39, 0.29) is 60.3 Å². The summed E-state index contributed by atoms with van der Waals surface area (Å²) in [5, 5.41) is 15.1. The van der Waals surface area contributed by atoms with Gasteiger partial charge in [-0.25, -0.2) is 4.79 Å².